The number of carbonyl (C=O) groups is 1. The van der Waals surface area contributed by atoms with Gasteiger partial charge in [0.15, 0.2) is 0 Å². The van der Waals surface area contributed by atoms with Crippen LogP contribution in [0.2, 0.25) is 4.34 Å². The number of ether oxygens (including phenoxy) is 1. The lowest BCUT2D eigenvalue weighted by Gasteiger charge is -2.20. The highest BCUT2D eigenvalue weighted by molar-refractivity contribution is 7.18. The van der Waals surface area contributed by atoms with Gasteiger partial charge in [0, 0.05) is 25.2 Å². The van der Waals surface area contributed by atoms with Gasteiger partial charge in [-0.1, -0.05) is 17.7 Å². The topological polar surface area (TPSA) is 86.7 Å². The lowest BCUT2D eigenvalue weighted by atomic mass is 10.1. The van der Waals surface area contributed by atoms with E-state index in [9.17, 15) is 4.79 Å². The number of halogens is 1. The molecular formula is C23H27ClN4O3S. The number of hydrogen-bond donors (Lipinski definition) is 3. The van der Waals surface area contributed by atoms with E-state index < -0.39 is 0 Å². The molecule has 1 aliphatic heterocycles. The van der Waals surface area contributed by atoms with Crippen molar-refractivity contribution in [1.82, 2.24) is 15.7 Å². The highest BCUT2D eigenvalue weighted by Gasteiger charge is 2.24. The number of benzene rings is 1. The molecule has 3 N–H and O–H groups in total. The van der Waals surface area contributed by atoms with Crippen LogP contribution in [0.4, 0.5) is 0 Å². The minimum absolute atomic E-state index is 0.177. The molecule has 0 saturated heterocycles. The fraction of sp³-hybridized carbons (Fsp3) is 0.391. The molecule has 7 nitrogen and oxygen atoms in total. The number of nitrogens with zero attached hydrogens (tertiary/aromatic N) is 1. The van der Waals surface area contributed by atoms with Crippen molar-refractivity contribution in [3.05, 3.63) is 56.7 Å². The second-order valence-corrected chi connectivity index (χ2v) is 9.85. The van der Waals surface area contributed by atoms with Crippen molar-refractivity contribution in [2.75, 3.05) is 20.6 Å². The summed E-state index contributed by atoms with van der Waals surface area (Å²) in [4.78, 5) is 20.3. The third-order valence-electron chi connectivity index (χ3n) is 5.52. The third kappa shape index (κ3) is 5.26. The minimum atomic E-state index is -0.316. The van der Waals surface area contributed by atoms with Gasteiger partial charge in [0.2, 0.25) is 0 Å². The quantitative estimate of drug-likeness (QED) is 0.412. The zero-order chi connectivity index (χ0) is 22.7. The van der Waals surface area contributed by atoms with Crippen LogP contribution in [0.5, 0.6) is 5.75 Å². The zero-order valence-corrected chi connectivity index (χ0v) is 19.7. The fourth-order valence-corrected chi connectivity index (χ4v) is 4.75. The molecule has 1 atom stereocenters. The van der Waals surface area contributed by atoms with Crippen LogP contribution in [0.25, 0.3) is 5.70 Å². The van der Waals surface area contributed by atoms with Crippen molar-refractivity contribution in [3.63, 3.8) is 0 Å². The molecule has 170 valence electrons. The number of thiophene rings is 1. The summed E-state index contributed by atoms with van der Waals surface area (Å²) >= 11 is 7.15. The van der Waals surface area contributed by atoms with E-state index >= 15 is 0 Å². The van der Waals surface area contributed by atoms with Crippen molar-refractivity contribution in [3.8, 4) is 5.75 Å². The van der Waals surface area contributed by atoms with E-state index in [1.165, 1.54) is 24.2 Å². The number of hydrogen-bond acceptors (Lipinski definition) is 6. The van der Waals surface area contributed by atoms with Gasteiger partial charge >= 0.3 is 0 Å². The monoisotopic (exact) mass is 474 g/mol. The Labute approximate surface area is 196 Å². The molecule has 2 heterocycles. The predicted octanol–water partition coefficient (Wildman–Crippen LogP) is 4.28. The Morgan fingerprint density at radius 1 is 1.31 bits per heavy atom. The highest BCUT2D eigenvalue weighted by atomic mass is 35.5. The Bertz CT molecular complexity index is 1030. The summed E-state index contributed by atoms with van der Waals surface area (Å²) in [5.74, 6) is 0.983. The Kier molecular flexibility index (Phi) is 7.03. The Morgan fingerprint density at radius 3 is 2.78 bits per heavy atom. The molecule has 1 aliphatic carbocycles. The molecule has 2 aromatic rings. The average molecular weight is 475 g/mol. The van der Waals surface area contributed by atoms with E-state index in [1.807, 2.05) is 38.4 Å². The lowest BCUT2D eigenvalue weighted by molar-refractivity contribution is 0.0498. The van der Waals surface area contributed by atoms with Crippen molar-refractivity contribution in [2.24, 2.45) is 0 Å². The summed E-state index contributed by atoms with van der Waals surface area (Å²) < 4.78 is 6.93. The molecule has 9 heteroatoms. The van der Waals surface area contributed by atoms with Crippen LogP contribution in [0, 0.1) is 5.41 Å². The van der Waals surface area contributed by atoms with Crippen LogP contribution in [0.15, 0.2) is 36.4 Å². The largest absolute Gasteiger partial charge is 0.490 e. The Balaban J connectivity index is 1.49. The van der Waals surface area contributed by atoms with Crippen molar-refractivity contribution in [2.45, 2.75) is 37.9 Å². The number of amides is 1. The Hall–Kier alpha value is -2.55. The molecule has 0 spiro atoms. The van der Waals surface area contributed by atoms with E-state index in [1.54, 1.807) is 17.0 Å². The minimum Gasteiger partial charge on any atom is -0.490 e. The second kappa shape index (κ2) is 9.94. The second-order valence-electron chi connectivity index (χ2n) is 8.13. The molecule has 2 aliphatic rings. The SMILES string of the molecule is CN(C)C(=N)c1ccc(C2=CC(CNC(=O)c3ccc(Cl)s3)ON2)c(OC2CCCC2)c1. The number of nitrogens with one attached hydrogen (secondary N) is 3. The maximum Gasteiger partial charge on any atom is 0.261 e. The fourth-order valence-electron chi connectivity index (χ4n) is 3.79. The van der Waals surface area contributed by atoms with Crippen LogP contribution >= 0.6 is 22.9 Å². The average Bonchev–Trinajstić information content (AvgIpc) is 3.54. The van der Waals surface area contributed by atoms with Crippen LogP contribution in [0.1, 0.15) is 46.5 Å². The molecule has 1 saturated carbocycles. The van der Waals surface area contributed by atoms with Gasteiger partial charge in [-0.05, 0) is 56.0 Å². The first kappa shape index (κ1) is 22.6. The first-order chi connectivity index (χ1) is 15.4. The molecule has 1 amide bonds. The van der Waals surface area contributed by atoms with Crippen molar-refractivity contribution < 1.29 is 14.4 Å². The van der Waals surface area contributed by atoms with E-state index in [-0.39, 0.29) is 18.1 Å². The summed E-state index contributed by atoms with van der Waals surface area (Å²) in [6.07, 6.45) is 6.24. The van der Waals surface area contributed by atoms with Gasteiger partial charge in [0.1, 0.15) is 17.7 Å². The summed E-state index contributed by atoms with van der Waals surface area (Å²) in [5.41, 5.74) is 5.44. The Morgan fingerprint density at radius 2 is 2.09 bits per heavy atom. The van der Waals surface area contributed by atoms with Gasteiger partial charge in [0.05, 0.1) is 27.6 Å². The smallest absolute Gasteiger partial charge is 0.261 e. The number of rotatable bonds is 7. The summed E-state index contributed by atoms with van der Waals surface area (Å²) in [7, 11) is 3.71. The number of carbonyl (C=O) groups excluding carboxylic acids is 1. The van der Waals surface area contributed by atoms with Gasteiger partial charge < -0.3 is 15.0 Å². The molecule has 0 bridgehead atoms. The summed E-state index contributed by atoms with van der Waals surface area (Å²) in [6, 6.07) is 9.20. The standard InChI is InChI=1S/C23H27ClN4O3S/c1-28(2)22(25)14-7-8-17(19(11-14)30-15-5-3-4-6-15)18-12-16(31-27-18)13-26-23(29)20-9-10-21(24)32-20/h7-12,15-16,25,27H,3-6,13H2,1-2H3,(H,26,29). The maximum atomic E-state index is 12.3. The van der Waals surface area contributed by atoms with Gasteiger partial charge in [-0.15, -0.1) is 11.3 Å². The number of amidine groups is 1. The number of hydroxylamine groups is 1. The first-order valence-corrected chi connectivity index (χ1v) is 11.8. The summed E-state index contributed by atoms with van der Waals surface area (Å²) in [5, 5.41) is 11.2. The molecule has 4 rings (SSSR count). The van der Waals surface area contributed by atoms with E-state index in [2.05, 4.69) is 10.8 Å². The molecule has 1 unspecified atom stereocenters. The van der Waals surface area contributed by atoms with E-state index in [4.69, 9.17) is 26.6 Å². The van der Waals surface area contributed by atoms with Gasteiger partial charge in [-0.2, -0.15) is 0 Å². The van der Waals surface area contributed by atoms with Crippen molar-refractivity contribution in [1.29, 1.82) is 5.41 Å². The normalized spacial score (nSPS) is 18.2. The molecular weight excluding hydrogens is 448 g/mol. The van der Waals surface area contributed by atoms with Crippen molar-refractivity contribution >= 4 is 40.4 Å². The van der Waals surface area contributed by atoms with Crippen LogP contribution in [0.3, 0.4) is 0 Å². The third-order valence-corrected chi connectivity index (χ3v) is 6.75. The lowest BCUT2D eigenvalue weighted by Crippen LogP contribution is -2.31. The highest BCUT2D eigenvalue weighted by Crippen LogP contribution is 2.33. The first-order valence-electron chi connectivity index (χ1n) is 10.6. The molecule has 1 fully saturated rings. The predicted molar refractivity (Wildman–Crippen MR) is 127 cm³/mol. The van der Waals surface area contributed by atoms with Gasteiger partial charge in [-0.25, -0.2) is 0 Å². The summed E-state index contributed by atoms with van der Waals surface area (Å²) in [6.45, 7) is 0.326. The molecule has 1 aromatic carbocycles. The molecule has 1 aromatic heterocycles. The maximum absolute atomic E-state index is 12.3. The van der Waals surface area contributed by atoms with E-state index in [0.717, 1.165) is 35.4 Å². The van der Waals surface area contributed by atoms with Gasteiger partial charge in [0.25, 0.3) is 5.91 Å². The van der Waals surface area contributed by atoms with E-state index in [0.29, 0.717) is 21.6 Å². The van der Waals surface area contributed by atoms with Gasteiger partial charge in [-0.3, -0.25) is 20.5 Å². The van der Waals surface area contributed by atoms with Crippen LogP contribution in [-0.2, 0) is 4.84 Å². The van der Waals surface area contributed by atoms with Crippen LogP contribution < -0.4 is 15.5 Å². The molecule has 32 heavy (non-hydrogen) atoms. The van der Waals surface area contributed by atoms with Crippen LogP contribution in [-0.4, -0.2) is 49.5 Å². The zero-order valence-electron chi connectivity index (χ0n) is 18.1. The molecule has 0 radical (unpaired) electrons.